The fraction of sp³-hybridized carbons (Fsp3) is 0.636. The lowest BCUT2D eigenvalue weighted by Gasteiger charge is -2.29. The summed E-state index contributed by atoms with van der Waals surface area (Å²) in [5.41, 5.74) is 0.842. The van der Waals surface area contributed by atoms with Crippen molar-refractivity contribution < 1.29 is 13.2 Å². The first-order valence-corrected chi connectivity index (χ1v) is 9.77. The molecular weight excluding hydrogens is 321 g/mol. The van der Waals surface area contributed by atoms with E-state index in [0.29, 0.717) is 11.1 Å². The highest BCUT2D eigenvalue weighted by atomic mass is 19.2. The maximum Gasteiger partial charge on any atom is 0.162 e. The zero-order chi connectivity index (χ0) is 18.0. The molecule has 0 aliphatic heterocycles. The molecule has 1 aromatic carbocycles. The zero-order valence-corrected chi connectivity index (χ0v) is 15.3. The molecule has 0 N–H and O–H groups in total. The fourth-order valence-electron chi connectivity index (χ4n) is 4.47. The molecule has 2 saturated carbocycles. The van der Waals surface area contributed by atoms with Crippen molar-refractivity contribution in [3.8, 4) is 0 Å². The van der Waals surface area contributed by atoms with Gasteiger partial charge in [0.25, 0.3) is 0 Å². The van der Waals surface area contributed by atoms with Crippen LogP contribution in [0.15, 0.2) is 24.0 Å². The molecule has 0 spiro atoms. The maximum atomic E-state index is 14.5. The van der Waals surface area contributed by atoms with E-state index in [1.165, 1.54) is 0 Å². The molecule has 0 atom stereocenters. The molecule has 3 heteroatoms. The number of allylic oxidation sites excluding steroid dienone is 2. The summed E-state index contributed by atoms with van der Waals surface area (Å²) >= 11 is 0. The first-order valence-electron chi connectivity index (χ1n) is 9.77. The quantitative estimate of drug-likeness (QED) is 0.539. The van der Waals surface area contributed by atoms with Crippen molar-refractivity contribution >= 4 is 0 Å². The summed E-state index contributed by atoms with van der Waals surface area (Å²) in [6.07, 6.45) is 9.33. The van der Waals surface area contributed by atoms with E-state index in [0.717, 1.165) is 57.3 Å². The van der Waals surface area contributed by atoms with E-state index >= 15 is 0 Å². The maximum absolute atomic E-state index is 14.5. The number of benzene rings is 1. The van der Waals surface area contributed by atoms with Gasteiger partial charge in [0.2, 0.25) is 0 Å². The van der Waals surface area contributed by atoms with E-state index in [2.05, 4.69) is 6.92 Å². The predicted octanol–water partition coefficient (Wildman–Crippen LogP) is 7.23. The number of rotatable bonds is 3. The van der Waals surface area contributed by atoms with Crippen molar-refractivity contribution in [2.75, 3.05) is 0 Å². The Balaban J connectivity index is 1.58. The van der Waals surface area contributed by atoms with Crippen LogP contribution in [0.1, 0.15) is 75.3 Å². The molecule has 0 radical (unpaired) electrons. The Morgan fingerprint density at radius 2 is 1.56 bits per heavy atom. The molecule has 2 aliphatic rings. The molecule has 0 amide bonds. The van der Waals surface area contributed by atoms with Crippen molar-refractivity contribution in [3.05, 3.63) is 46.8 Å². The van der Waals surface area contributed by atoms with Gasteiger partial charge in [-0.2, -0.15) is 0 Å². The van der Waals surface area contributed by atoms with Crippen LogP contribution in [0.5, 0.6) is 0 Å². The summed E-state index contributed by atoms with van der Waals surface area (Å²) in [5, 5.41) is 0. The van der Waals surface area contributed by atoms with Gasteiger partial charge in [-0.1, -0.05) is 31.9 Å². The van der Waals surface area contributed by atoms with E-state index in [9.17, 15) is 13.2 Å². The van der Waals surface area contributed by atoms with Crippen LogP contribution >= 0.6 is 0 Å². The molecule has 0 unspecified atom stereocenters. The third-order valence-electron chi connectivity index (χ3n) is 6.32. The Bertz CT molecular complexity index is 618. The van der Waals surface area contributed by atoms with Crippen LogP contribution in [0.2, 0.25) is 0 Å². The molecule has 0 aromatic heterocycles. The second kappa shape index (κ2) is 7.97. The number of aryl methyl sites for hydroxylation is 1. The van der Waals surface area contributed by atoms with Gasteiger partial charge in [0.05, 0.1) is 5.83 Å². The van der Waals surface area contributed by atoms with Crippen LogP contribution in [0, 0.1) is 36.3 Å². The van der Waals surface area contributed by atoms with Gasteiger partial charge in [-0.05, 0) is 80.4 Å². The molecule has 0 bridgehead atoms. The monoisotopic (exact) mass is 350 g/mol. The summed E-state index contributed by atoms with van der Waals surface area (Å²) in [6, 6.07) is 3.38. The van der Waals surface area contributed by atoms with Gasteiger partial charge >= 0.3 is 0 Å². The predicted molar refractivity (Wildman–Crippen MR) is 96.1 cm³/mol. The van der Waals surface area contributed by atoms with E-state index in [1.807, 2.05) is 6.08 Å². The summed E-state index contributed by atoms with van der Waals surface area (Å²) in [5.74, 6) is -0.212. The third-order valence-corrected chi connectivity index (χ3v) is 6.32. The summed E-state index contributed by atoms with van der Waals surface area (Å²) in [4.78, 5) is 0. The van der Waals surface area contributed by atoms with Gasteiger partial charge in [0.15, 0.2) is 11.6 Å². The minimum absolute atomic E-state index is 0.0540. The molecule has 0 heterocycles. The molecule has 1 aromatic rings. The minimum atomic E-state index is -0.725. The largest absolute Gasteiger partial charge is 0.212 e. The zero-order valence-electron chi connectivity index (χ0n) is 15.3. The van der Waals surface area contributed by atoms with Crippen molar-refractivity contribution in [1.82, 2.24) is 0 Å². The lowest BCUT2D eigenvalue weighted by atomic mass is 9.77. The number of hydrogen-bond donors (Lipinski definition) is 0. The molecular formula is C22H29F3. The Morgan fingerprint density at radius 1 is 0.920 bits per heavy atom. The van der Waals surface area contributed by atoms with Crippen molar-refractivity contribution in [1.29, 1.82) is 0 Å². The van der Waals surface area contributed by atoms with E-state index < -0.39 is 11.6 Å². The Hall–Kier alpha value is -1.25. The lowest BCUT2D eigenvalue weighted by molar-refractivity contribution is 0.282. The van der Waals surface area contributed by atoms with Gasteiger partial charge in [0.1, 0.15) is 0 Å². The van der Waals surface area contributed by atoms with Crippen LogP contribution < -0.4 is 0 Å². The number of hydrogen-bond acceptors (Lipinski definition) is 0. The molecule has 138 valence electrons. The SMILES string of the molecule is Cc1ccc(C2CCC(/C=C(\F)C3CCC(C)CC3)CC2)c(F)c1F. The Labute approximate surface area is 149 Å². The normalized spacial score (nSPS) is 31.2. The molecule has 0 nitrogen and oxygen atoms in total. The first kappa shape index (κ1) is 18.5. The van der Waals surface area contributed by atoms with Gasteiger partial charge in [-0.15, -0.1) is 0 Å². The molecule has 2 aliphatic carbocycles. The minimum Gasteiger partial charge on any atom is -0.212 e. The number of halogens is 3. The van der Waals surface area contributed by atoms with Crippen LogP contribution in [0.4, 0.5) is 13.2 Å². The van der Waals surface area contributed by atoms with Gasteiger partial charge < -0.3 is 0 Å². The first-order chi connectivity index (χ1) is 12.0. The molecule has 25 heavy (non-hydrogen) atoms. The molecule has 3 rings (SSSR count). The average Bonchev–Trinajstić information content (AvgIpc) is 2.61. The smallest absolute Gasteiger partial charge is 0.162 e. The molecule has 2 fully saturated rings. The van der Waals surface area contributed by atoms with Crippen LogP contribution in [-0.4, -0.2) is 0 Å². The second-order valence-electron chi connectivity index (χ2n) is 8.22. The highest BCUT2D eigenvalue weighted by Crippen LogP contribution is 2.40. The Morgan fingerprint density at radius 3 is 2.20 bits per heavy atom. The van der Waals surface area contributed by atoms with E-state index in [1.54, 1.807) is 19.1 Å². The Kier molecular flexibility index (Phi) is 5.91. The topological polar surface area (TPSA) is 0 Å². The fourth-order valence-corrected chi connectivity index (χ4v) is 4.47. The average molecular weight is 350 g/mol. The summed E-state index contributed by atoms with van der Waals surface area (Å²) in [7, 11) is 0. The molecule has 0 saturated heterocycles. The van der Waals surface area contributed by atoms with Crippen molar-refractivity contribution in [2.45, 2.75) is 71.1 Å². The van der Waals surface area contributed by atoms with E-state index in [4.69, 9.17) is 0 Å². The van der Waals surface area contributed by atoms with Crippen LogP contribution in [0.3, 0.4) is 0 Å². The van der Waals surface area contributed by atoms with Crippen LogP contribution in [0.25, 0.3) is 0 Å². The van der Waals surface area contributed by atoms with Gasteiger partial charge in [-0.3, -0.25) is 0 Å². The second-order valence-corrected chi connectivity index (χ2v) is 8.22. The lowest BCUT2D eigenvalue weighted by Crippen LogP contribution is -2.16. The van der Waals surface area contributed by atoms with E-state index in [-0.39, 0.29) is 23.6 Å². The highest BCUT2D eigenvalue weighted by Gasteiger charge is 2.27. The van der Waals surface area contributed by atoms with Crippen molar-refractivity contribution in [3.63, 3.8) is 0 Å². The summed E-state index contributed by atoms with van der Waals surface area (Å²) < 4.78 is 42.5. The van der Waals surface area contributed by atoms with Gasteiger partial charge in [0, 0.05) is 5.92 Å². The summed E-state index contributed by atoms with van der Waals surface area (Å²) in [6.45, 7) is 3.82. The standard InChI is InChI=1S/C22H29F3/c1-14-3-8-18(9-4-14)20(23)13-16-6-10-17(11-7-16)19-12-5-15(2)21(24)22(19)25/h5,12-14,16-18H,3-4,6-11H2,1-2H3/b20-13-. The third kappa shape index (κ3) is 4.30. The van der Waals surface area contributed by atoms with Crippen LogP contribution in [-0.2, 0) is 0 Å². The van der Waals surface area contributed by atoms with Gasteiger partial charge in [-0.25, -0.2) is 13.2 Å². The highest BCUT2D eigenvalue weighted by molar-refractivity contribution is 5.28. The van der Waals surface area contributed by atoms with Crippen molar-refractivity contribution in [2.24, 2.45) is 17.8 Å².